The fourth-order valence-corrected chi connectivity index (χ4v) is 2.01. The van der Waals surface area contributed by atoms with E-state index in [1.165, 1.54) is 7.11 Å². The number of hydrogen-bond donors (Lipinski definition) is 0. The summed E-state index contributed by atoms with van der Waals surface area (Å²) in [6, 6.07) is 7.19. The van der Waals surface area contributed by atoms with Crippen LogP contribution in [0.2, 0.25) is 0 Å². The molecule has 0 atom stereocenters. The molecule has 1 aliphatic rings. The van der Waals surface area contributed by atoms with E-state index in [1.54, 1.807) is 18.2 Å². The lowest BCUT2D eigenvalue weighted by atomic mass is 10.1. The van der Waals surface area contributed by atoms with Crippen molar-refractivity contribution in [1.29, 1.82) is 0 Å². The van der Waals surface area contributed by atoms with E-state index in [1.807, 2.05) is 11.0 Å². The summed E-state index contributed by atoms with van der Waals surface area (Å²) in [5.41, 5.74) is 1.42. The number of piperidine rings is 1. The zero-order valence-corrected chi connectivity index (χ0v) is 9.81. The standard InChI is InChI=1S/C13H15NO3/c1-17-13(16)10-4-2-5-11(8-10)14-7-3-6-12(15)9-14/h2,4-5,8H,3,6-7,9H2,1H3. The molecular weight excluding hydrogens is 218 g/mol. The van der Waals surface area contributed by atoms with Crippen molar-refractivity contribution in [3.63, 3.8) is 0 Å². The molecule has 0 spiro atoms. The van der Waals surface area contributed by atoms with E-state index in [0.717, 1.165) is 18.7 Å². The molecule has 4 nitrogen and oxygen atoms in total. The Hall–Kier alpha value is -1.84. The van der Waals surface area contributed by atoms with Crippen LogP contribution in [0.1, 0.15) is 23.2 Å². The molecule has 1 aliphatic heterocycles. The lowest BCUT2D eigenvalue weighted by Crippen LogP contribution is -2.35. The number of hydrogen-bond acceptors (Lipinski definition) is 4. The van der Waals surface area contributed by atoms with Crippen molar-refractivity contribution in [3.05, 3.63) is 29.8 Å². The summed E-state index contributed by atoms with van der Waals surface area (Å²) in [5, 5.41) is 0. The monoisotopic (exact) mass is 233 g/mol. The van der Waals surface area contributed by atoms with Gasteiger partial charge in [-0.1, -0.05) is 6.07 Å². The van der Waals surface area contributed by atoms with Crippen LogP contribution in [0.4, 0.5) is 5.69 Å². The van der Waals surface area contributed by atoms with Crippen LogP contribution < -0.4 is 4.90 Å². The number of anilines is 1. The normalized spacial score (nSPS) is 15.8. The smallest absolute Gasteiger partial charge is 0.337 e. The third-order valence-electron chi connectivity index (χ3n) is 2.88. The molecule has 0 bridgehead atoms. The molecule has 0 amide bonds. The molecule has 4 heteroatoms. The van der Waals surface area contributed by atoms with Crippen LogP contribution in [0.15, 0.2) is 24.3 Å². The molecule has 0 N–H and O–H groups in total. The third kappa shape index (κ3) is 2.64. The highest BCUT2D eigenvalue weighted by molar-refractivity contribution is 5.91. The fraction of sp³-hybridized carbons (Fsp3) is 0.385. The molecule has 0 radical (unpaired) electrons. The molecule has 1 fully saturated rings. The molecule has 1 aromatic rings. The Kier molecular flexibility index (Phi) is 3.42. The minimum absolute atomic E-state index is 0.250. The van der Waals surface area contributed by atoms with Gasteiger partial charge in [0.2, 0.25) is 0 Å². The van der Waals surface area contributed by atoms with Gasteiger partial charge in [-0.05, 0) is 24.6 Å². The van der Waals surface area contributed by atoms with Crippen LogP contribution in [-0.4, -0.2) is 32.0 Å². The Morgan fingerprint density at radius 2 is 2.24 bits per heavy atom. The van der Waals surface area contributed by atoms with Gasteiger partial charge < -0.3 is 9.64 Å². The Morgan fingerprint density at radius 1 is 1.41 bits per heavy atom. The number of esters is 1. The molecule has 0 saturated carbocycles. The van der Waals surface area contributed by atoms with Crippen molar-refractivity contribution in [3.8, 4) is 0 Å². The Bertz CT molecular complexity index is 442. The summed E-state index contributed by atoms with van der Waals surface area (Å²) < 4.78 is 4.68. The molecule has 90 valence electrons. The number of benzene rings is 1. The molecular formula is C13H15NO3. The number of ketones is 1. The number of ether oxygens (including phenoxy) is 1. The predicted octanol–water partition coefficient (Wildman–Crippen LogP) is 1.64. The van der Waals surface area contributed by atoms with Crippen molar-refractivity contribution >= 4 is 17.4 Å². The maximum absolute atomic E-state index is 11.4. The number of methoxy groups -OCH3 is 1. The second kappa shape index (κ2) is 4.99. The van der Waals surface area contributed by atoms with Gasteiger partial charge >= 0.3 is 5.97 Å². The molecule has 1 heterocycles. The predicted molar refractivity (Wildman–Crippen MR) is 64.2 cm³/mol. The van der Waals surface area contributed by atoms with Crippen LogP contribution in [0.3, 0.4) is 0 Å². The van der Waals surface area contributed by atoms with Gasteiger partial charge in [-0.25, -0.2) is 4.79 Å². The second-order valence-corrected chi connectivity index (χ2v) is 4.11. The highest BCUT2D eigenvalue weighted by Crippen LogP contribution is 2.20. The first kappa shape index (κ1) is 11.6. The van der Waals surface area contributed by atoms with Crippen LogP contribution >= 0.6 is 0 Å². The van der Waals surface area contributed by atoms with Crippen LogP contribution in [-0.2, 0) is 9.53 Å². The maximum atomic E-state index is 11.4. The molecule has 17 heavy (non-hydrogen) atoms. The Morgan fingerprint density at radius 3 is 2.94 bits per heavy atom. The first-order valence-electron chi connectivity index (χ1n) is 5.66. The van der Waals surface area contributed by atoms with Crippen LogP contribution in [0, 0.1) is 0 Å². The lowest BCUT2D eigenvalue weighted by molar-refractivity contribution is -0.118. The molecule has 1 saturated heterocycles. The van der Waals surface area contributed by atoms with E-state index >= 15 is 0 Å². The minimum Gasteiger partial charge on any atom is -0.465 e. The van der Waals surface area contributed by atoms with Crippen LogP contribution in [0.5, 0.6) is 0 Å². The number of nitrogens with zero attached hydrogens (tertiary/aromatic N) is 1. The van der Waals surface area contributed by atoms with Gasteiger partial charge in [-0.3, -0.25) is 4.79 Å². The van der Waals surface area contributed by atoms with Gasteiger partial charge in [-0.15, -0.1) is 0 Å². The highest BCUT2D eigenvalue weighted by atomic mass is 16.5. The fourth-order valence-electron chi connectivity index (χ4n) is 2.01. The molecule has 2 rings (SSSR count). The Labute approximate surface area is 100 Å². The number of Topliss-reactive ketones (excluding diaryl/α,β-unsaturated/α-hetero) is 1. The van der Waals surface area contributed by atoms with E-state index in [-0.39, 0.29) is 11.8 Å². The van der Waals surface area contributed by atoms with Gasteiger partial charge in [0.25, 0.3) is 0 Å². The average Bonchev–Trinajstić information content (AvgIpc) is 2.38. The molecule has 0 aromatic heterocycles. The maximum Gasteiger partial charge on any atom is 0.337 e. The van der Waals surface area contributed by atoms with E-state index in [4.69, 9.17) is 0 Å². The lowest BCUT2D eigenvalue weighted by Gasteiger charge is -2.28. The second-order valence-electron chi connectivity index (χ2n) is 4.11. The van der Waals surface area contributed by atoms with Crippen LogP contribution in [0.25, 0.3) is 0 Å². The van der Waals surface area contributed by atoms with Crippen molar-refractivity contribution < 1.29 is 14.3 Å². The molecule has 1 aromatic carbocycles. The largest absolute Gasteiger partial charge is 0.465 e. The third-order valence-corrected chi connectivity index (χ3v) is 2.88. The minimum atomic E-state index is -0.352. The first-order chi connectivity index (χ1) is 8.20. The number of rotatable bonds is 2. The van der Waals surface area contributed by atoms with E-state index < -0.39 is 0 Å². The summed E-state index contributed by atoms with van der Waals surface area (Å²) in [4.78, 5) is 24.8. The Balaban J connectivity index is 2.20. The summed E-state index contributed by atoms with van der Waals surface area (Å²) in [7, 11) is 1.36. The summed E-state index contributed by atoms with van der Waals surface area (Å²) >= 11 is 0. The van der Waals surface area contributed by atoms with Crippen molar-refractivity contribution in [1.82, 2.24) is 0 Å². The van der Waals surface area contributed by atoms with Gasteiger partial charge in [0.15, 0.2) is 5.78 Å². The van der Waals surface area contributed by atoms with Gasteiger partial charge in [0, 0.05) is 18.7 Å². The molecule has 0 unspecified atom stereocenters. The number of carbonyl (C=O) groups is 2. The van der Waals surface area contributed by atoms with Crippen molar-refractivity contribution in [2.75, 3.05) is 25.1 Å². The van der Waals surface area contributed by atoms with E-state index in [0.29, 0.717) is 18.5 Å². The van der Waals surface area contributed by atoms with Crippen molar-refractivity contribution in [2.24, 2.45) is 0 Å². The van der Waals surface area contributed by atoms with Gasteiger partial charge in [-0.2, -0.15) is 0 Å². The van der Waals surface area contributed by atoms with Gasteiger partial charge in [0.1, 0.15) is 0 Å². The zero-order valence-electron chi connectivity index (χ0n) is 9.81. The van der Waals surface area contributed by atoms with Gasteiger partial charge in [0.05, 0.1) is 19.2 Å². The zero-order chi connectivity index (χ0) is 12.3. The number of carbonyl (C=O) groups excluding carboxylic acids is 2. The quantitative estimate of drug-likeness (QED) is 0.728. The van der Waals surface area contributed by atoms with E-state index in [9.17, 15) is 9.59 Å². The van der Waals surface area contributed by atoms with E-state index in [2.05, 4.69) is 4.74 Å². The average molecular weight is 233 g/mol. The van der Waals surface area contributed by atoms with Crippen molar-refractivity contribution in [2.45, 2.75) is 12.8 Å². The molecule has 0 aliphatic carbocycles. The summed E-state index contributed by atoms with van der Waals surface area (Å²) in [5.74, 6) is -0.102. The first-order valence-corrected chi connectivity index (χ1v) is 5.66. The SMILES string of the molecule is COC(=O)c1cccc(N2CCCC(=O)C2)c1. The summed E-state index contributed by atoms with van der Waals surface area (Å²) in [6.07, 6.45) is 1.54. The highest BCUT2D eigenvalue weighted by Gasteiger charge is 2.17. The summed E-state index contributed by atoms with van der Waals surface area (Å²) in [6.45, 7) is 1.29. The topological polar surface area (TPSA) is 46.6 Å².